The first-order valence-electron chi connectivity index (χ1n) is 4.64. The average Bonchev–Trinajstić information content (AvgIpc) is 2.19. The Morgan fingerprint density at radius 2 is 2.14 bits per heavy atom. The Labute approximate surface area is 90.0 Å². The van der Waals surface area contributed by atoms with Gasteiger partial charge in [-0.05, 0) is 42.6 Å². The normalized spacial score (nSPS) is 12.6. The van der Waals surface area contributed by atoms with Crippen LogP contribution in [0.4, 0.5) is 0 Å². The molecule has 0 radical (unpaired) electrons. The lowest BCUT2D eigenvalue weighted by Gasteiger charge is -2.15. The van der Waals surface area contributed by atoms with Gasteiger partial charge >= 0.3 is 0 Å². The van der Waals surface area contributed by atoms with Crippen LogP contribution in [0.5, 0.6) is 5.75 Å². The van der Waals surface area contributed by atoms with E-state index in [0.29, 0.717) is 17.5 Å². The van der Waals surface area contributed by atoms with E-state index in [1.165, 1.54) is 0 Å². The van der Waals surface area contributed by atoms with Crippen molar-refractivity contribution in [3.8, 4) is 5.75 Å². The van der Waals surface area contributed by atoms with Gasteiger partial charge in [-0.15, -0.1) is 0 Å². The van der Waals surface area contributed by atoms with Crippen LogP contribution in [-0.4, -0.2) is 13.7 Å². The molecular weight excluding hydrogens is 198 g/mol. The highest BCUT2D eigenvalue weighted by molar-refractivity contribution is 6.30. The zero-order valence-electron chi connectivity index (χ0n) is 8.80. The van der Waals surface area contributed by atoms with Crippen LogP contribution in [-0.2, 0) is 0 Å². The SMILES string of the molecule is COc1cc(Cl)cc(C(C)CN)c1C. The summed E-state index contributed by atoms with van der Waals surface area (Å²) in [5.74, 6) is 1.13. The molecule has 0 heterocycles. The molecule has 0 aliphatic carbocycles. The number of rotatable bonds is 3. The summed E-state index contributed by atoms with van der Waals surface area (Å²) >= 11 is 5.98. The molecule has 1 aromatic carbocycles. The van der Waals surface area contributed by atoms with Crippen molar-refractivity contribution in [2.75, 3.05) is 13.7 Å². The monoisotopic (exact) mass is 213 g/mol. The number of benzene rings is 1. The molecule has 0 aliphatic heterocycles. The van der Waals surface area contributed by atoms with Crippen LogP contribution >= 0.6 is 11.6 Å². The van der Waals surface area contributed by atoms with Crippen molar-refractivity contribution < 1.29 is 4.74 Å². The van der Waals surface area contributed by atoms with Crippen molar-refractivity contribution in [2.24, 2.45) is 5.73 Å². The van der Waals surface area contributed by atoms with Crippen LogP contribution < -0.4 is 10.5 Å². The highest BCUT2D eigenvalue weighted by Crippen LogP contribution is 2.30. The molecule has 0 fully saturated rings. The van der Waals surface area contributed by atoms with Crippen LogP contribution in [0.3, 0.4) is 0 Å². The fraction of sp³-hybridized carbons (Fsp3) is 0.455. The first-order chi connectivity index (χ1) is 6.60. The lowest BCUT2D eigenvalue weighted by atomic mass is 9.96. The van der Waals surface area contributed by atoms with Gasteiger partial charge in [-0.1, -0.05) is 18.5 Å². The van der Waals surface area contributed by atoms with Crippen LogP contribution in [0.1, 0.15) is 24.0 Å². The maximum absolute atomic E-state index is 5.98. The minimum Gasteiger partial charge on any atom is -0.496 e. The van der Waals surface area contributed by atoms with E-state index < -0.39 is 0 Å². The minimum atomic E-state index is 0.308. The molecule has 1 unspecified atom stereocenters. The molecule has 0 amide bonds. The van der Waals surface area contributed by atoms with Gasteiger partial charge in [0.25, 0.3) is 0 Å². The van der Waals surface area contributed by atoms with Gasteiger partial charge in [0.05, 0.1) is 7.11 Å². The molecule has 14 heavy (non-hydrogen) atoms. The third-order valence-electron chi connectivity index (χ3n) is 2.47. The number of halogens is 1. The predicted octanol–water partition coefficient (Wildman–Crippen LogP) is 2.72. The average molecular weight is 214 g/mol. The summed E-state index contributed by atoms with van der Waals surface area (Å²) in [6, 6.07) is 3.78. The lowest BCUT2D eigenvalue weighted by molar-refractivity contribution is 0.410. The molecule has 0 aliphatic rings. The van der Waals surface area contributed by atoms with Gasteiger partial charge in [0.2, 0.25) is 0 Å². The summed E-state index contributed by atoms with van der Waals surface area (Å²) in [6.07, 6.45) is 0. The van der Waals surface area contributed by atoms with Gasteiger partial charge in [-0.3, -0.25) is 0 Å². The highest BCUT2D eigenvalue weighted by atomic mass is 35.5. The van der Waals surface area contributed by atoms with Crippen LogP contribution in [0.25, 0.3) is 0 Å². The molecule has 0 aromatic heterocycles. The Morgan fingerprint density at radius 3 is 2.64 bits per heavy atom. The van der Waals surface area contributed by atoms with Crippen molar-refractivity contribution >= 4 is 11.6 Å². The van der Waals surface area contributed by atoms with Gasteiger partial charge in [0, 0.05) is 5.02 Å². The molecule has 0 bridgehead atoms. The molecule has 3 heteroatoms. The molecule has 2 N–H and O–H groups in total. The van der Waals surface area contributed by atoms with Gasteiger partial charge in [0.15, 0.2) is 0 Å². The Morgan fingerprint density at radius 1 is 1.50 bits per heavy atom. The van der Waals surface area contributed by atoms with E-state index in [1.807, 2.05) is 19.1 Å². The minimum absolute atomic E-state index is 0.308. The van der Waals surface area contributed by atoms with Crippen molar-refractivity contribution in [1.29, 1.82) is 0 Å². The van der Waals surface area contributed by atoms with Crippen LogP contribution in [0.15, 0.2) is 12.1 Å². The summed E-state index contributed by atoms with van der Waals surface area (Å²) in [5, 5.41) is 0.697. The summed E-state index contributed by atoms with van der Waals surface area (Å²) in [5.41, 5.74) is 7.91. The first kappa shape index (κ1) is 11.3. The van der Waals surface area contributed by atoms with Gasteiger partial charge < -0.3 is 10.5 Å². The third-order valence-corrected chi connectivity index (χ3v) is 2.69. The van der Waals surface area contributed by atoms with Crippen LogP contribution in [0.2, 0.25) is 5.02 Å². The van der Waals surface area contributed by atoms with Gasteiger partial charge in [-0.25, -0.2) is 0 Å². The fourth-order valence-corrected chi connectivity index (χ4v) is 1.74. The van der Waals surface area contributed by atoms with E-state index >= 15 is 0 Å². The number of ether oxygens (including phenoxy) is 1. The lowest BCUT2D eigenvalue weighted by Crippen LogP contribution is -2.10. The molecule has 0 spiro atoms. The van der Waals surface area contributed by atoms with Crippen molar-refractivity contribution in [3.63, 3.8) is 0 Å². The van der Waals surface area contributed by atoms with E-state index in [-0.39, 0.29) is 0 Å². The number of hydrogen-bond donors (Lipinski definition) is 1. The molecule has 0 saturated carbocycles. The van der Waals surface area contributed by atoms with Crippen molar-refractivity contribution in [1.82, 2.24) is 0 Å². The zero-order valence-corrected chi connectivity index (χ0v) is 9.56. The largest absolute Gasteiger partial charge is 0.496 e. The molecular formula is C11H16ClNO. The Bertz CT molecular complexity index is 325. The zero-order chi connectivity index (χ0) is 10.7. The van der Waals surface area contributed by atoms with E-state index in [1.54, 1.807) is 7.11 Å². The molecule has 2 nitrogen and oxygen atoms in total. The molecule has 1 aromatic rings. The smallest absolute Gasteiger partial charge is 0.123 e. The maximum Gasteiger partial charge on any atom is 0.123 e. The van der Waals surface area contributed by atoms with E-state index in [2.05, 4.69) is 6.92 Å². The predicted molar refractivity (Wildman–Crippen MR) is 60.2 cm³/mol. The Balaban J connectivity index is 3.21. The Kier molecular flexibility index (Phi) is 3.78. The van der Waals surface area contributed by atoms with E-state index in [0.717, 1.165) is 16.9 Å². The molecule has 1 rings (SSSR count). The molecule has 78 valence electrons. The fourth-order valence-electron chi connectivity index (χ4n) is 1.53. The standard InChI is InChI=1S/C11H16ClNO/c1-7(6-13)10-4-9(12)5-11(14-3)8(10)2/h4-5,7H,6,13H2,1-3H3. The van der Waals surface area contributed by atoms with Crippen molar-refractivity contribution in [2.45, 2.75) is 19.8 Å². The number of methoxy groups -OCH3 is 1. The first-order valence-corrected chi connectivity index (χ1v) is 5.02. The van der Waals surface area contributed by atoms with Crippen LogP contribution in [0, 0.1) is 6.92 Å². The third kappa shape index (κ3) is 2.20. The number of nitrogens with two attached hydrogens (primary N) is 1. The van der Waals surface area contributed by atoms with E-state index in [9.17, 15) is 0 Å². The summed E-state index contributed by atoms with van der Waals surface area (Å²) in [7, 11) is 1.65. The molecule has 1 atom stereocenters. The maximum atomic E-state index is 5.98. The topological polar surface area (TPSA) is 35.2 Å². The second kappa shape index (κ2) is 4.67. The summed E-state index contributed by atoms with van der Waals surface area (Å²) in [4.78, 5) is 0. The summed E-state index contributed by atoms with van der Waals surface area (Å²) in [6.45, 7) is 4.72. The highest BCUT2D eigenvalue weighted by Gasteiger charge is 2.11. The van der Waals surface area contributed by atoms with E-state index in [4.69, 9.17) is 22.1 Å². The Hall–Kier alpha value is -0.730. The quantitative estimate of drug-likeness (QED) is 0.838. The van der Waals surface area contributed by atoms with Crippen molar-refractivity contribution in [3.05, 3.63) is 28.3 Å². The number of hydrogen-bond acceptors (Lipinski definition) is 2. The van der Waals surface area contributed by atoms with Gasteiger partial charge in [0.1, 0.15) is 5.75 Å². The second-order valence-corrected chi connectivity index (χ2v) is 3.90. The molecule has 0 saturated heterocycles. The summed E-state index contributed by atoms with van der Waals surface area (Å²) < 4.78 is 5.24. The van der Waals surface area contributed by atoms with Gasteiger partial charge in [-0.2, -0.15) is 0 Å². The second-order valence-electron chi connectivity index (χ2n) is 3.46.